The average Bonchev–Trinajstić information content (AvgIpc) is 3.32. The summed E-state index contributed by atoms with van der Waals surface area (Å²) in [5.41, 5.74) is -0.492. The fraction of sp³-hybridized carbons (Fsp3) is 0.318. The highest BCUT2D eigenvalue weighted by atomic mass is 32.2. The zero-order chi connectivity index (χ0) is 23.0. The molecule has 1 N–H and O–H groups in total. The van der Waals surface area contributed by atoms with Gasteiger partial charge in [0.05, 0.1) is 16.4 Å². The van der Waals surface area contributed by atoms with E-state index in [-0.39, 0.29) is 23.3 Å². The lowest BCUT2D eigenvalue weighted by Gasteiger charge is -2.32. The molecule has 2 aromatic rings. The van der Waals surface area contributed by atoms with Gasteiger partial charge in [-0.05, 0) is 49.9 Å². The molecule has 1 aromatic carbocycles. The molecule has 0 spiro atoms. The molecule has 1 saturated carbocycles. The smallest absolute Gasteiger partial charge is 0.416 e. The highest BCUT2D eigenvalue weighted by molar-refractivity contribution is 8.26. The Bertz CT molecular complexity index is 1100. The van der Waals surface area contributed by atoms with Gasteiger partial charge >= 0.3 is 12.1 Å². The molecule has 2 fully saturated rings. The van der Waals surface area contributed by atoms with Gasteiger partial charge in [-0.25, -0.2) is 0 Å². The molecule has 1 saturated heterocycles. The summed E-state index contributed by atoms with van der Waals surface area (Å²) in [5, 5.41) is 9.15. The number of thioether (sulfide) groups is 1. The van der Waals surface area contributed by atoms with E-state index in [2.05, 4.69) is 0 Å². The SMILES string of the molecule is O=C(O)C1CCC(N2C(=O)/C(=C\c3ccc(-c4cccc(C(F)(F)F)c4)o3)SC2=S)CC1. The Morgan fingerprint density at radius 3 is 2.56 bits per heavy atom. The Labute approximate surface area is 191 Å². The first kappa shape index (κ1) is 22.6. The van der Waals surface area contributed by atoms with E-state index >= 15 is 0 Å². The minimum Gasteiger partial charge on any atom is -0.481 e. The van der Waals surface area contributed by atoms with Crippen molar-refractivity contribution in [2.75, 3.05) is 0 Å². The molecule has 4 rings (SSSR count). The van der Waals surface area contributed by atoms with Crippen molar-refractivity contribution in [1.29, 1.82) is 0 Å². The molecule has 1 amide bonds. The number of carbonyl (C=O) groups is 2. The summed E-state index contributed by atoms with van der Waals surface area (Å²) in [6.45, 7) is 0. The number of alkyl halides is 3. The zero-order valence-corrected chi connectivity index (χ0v) is 18.2. The first-order valence-corrected chi connectivity index (χ1v) is 11.1. The minimum absolute atomic E-state index is 0.138. The summed E-state index contributed by atoms with van der Waals surface area (Å²) in [4.78, 5) is 26.0. The van der Waals surface area contributed by atoms with E-state index < -0.39 is 23.6 Å². The summed E-state index contributed by atoms with van der Waals surface area (Å²) >= 11 is 6.51. The molecule has 1 aliphatic heterocycles. The standard InChI is InChI=1S/C22H18F3NO4S2/c23-22(24,25)14-3-1-2-13(10-14)17-9-8-16(30-17)11-18-19(27)26(21(31)32-18)15-6-4-12(5-7-15)20(28)29/h1-3,8-12,15H,4-7H2,(H,28,29)/b18-11+. The van der Waals surface area contributed by atoms with E-state index in [1.165, 1.54) is 18.2 Å². The first-order valence-electron chi connectivity index (χ1n) is 9.91. The molecule has 168 valence electrons. The fourth-order valence-corrected chi connectivity index (χ4v) is 5.32. The minimum atomic E-state index is -4.46. The molecule has 10 heteroatoms. The van der Waals surface area contributed by atoms with Crippen LogP contribution in [0.4, 0.5) is 13.2 Å². The molecule has 5 nitrogen and oxygen atoms in total. The van der Waals surface area contributed by atoms with Crippen LogP contribution in [0, 0.1) is 5.92 Å². The summed E-state index contributed by atoms with van der Waals surface area (Å²) < 4.78 is 45.0. The van der Waals surface area contributed by atoms with Crippen molar-refractivity contribution in [3.8, 4) is 11.3 Å². The fourth-order valence-electron chi connectivity index (χ4n) is 3.94. The maximum atomic E-state index is 13.0. The predicted octanol–water partition coefficient (Wildman–Crippen LogP) is 5.81. The van der Waals surface area contributed by atoms with Gasteiger partial charge < -0.3 is 9.52 Å². The van der Waals surface area contributed by atoms with Gasteiger partial charge in [-0.1, -0.05) is 36.1 Å². The van der Waals surface area contributed by atoms with Crippen LogP contribution in [0.3, 0.4) is 0 Å². The van der Waals surface area contributed by atoms with Crippen molar-refractivity contribution in [2.45, 2.75) is 37.9 Å². The van der Waals surface area contributed by atoms with E-state index in [0.717, 1.165) is 23.9 Å². The highest BCUT2D eigenvalue weighted by Crippen LogP contribution is 2.39. The van der Waals surface area contributed by atoms with Gasteiger partial charge in [-0.3, -0.25) is 14.5 Å². The Morgan fingerprint density at radius 2 is 1.91 bits per heavy atom. The Balaban J connectivity index is 1.50. The van der Waals surface area contributed by atoms with Crippen molar-refractivity contribution < 1.29 is 32.3 Å². The molecule has 32 heavy (non-hydrogen) atoms. The normalized spacial score (nSPS) is 23.2. The lowest BCUT2D eigenvalue weighted by Crippen LogP contribution is -2.41. The molecule has 1 aromatic heterocycles. The van der Waals surface area contributed by atoms with Gasteiger partial charge in [0.15, 0.2) is 0 Å². The molecule has 0 atom stereocenters. The maximum absolute atomic E-state index is 13.0. The molecule has 2 heterocycles. The van der Waals surface area contributed by atoms with E-state index in [1.807, 2.05) is 0 Å². The Kier molecular flexibility index (Phi) is 6.17. The van der Waals surface area contributed by atoms with Crippen molar-refractivity contribution in [2.24, 2.45) is 5.92 Å². The molecular weight excluding hydrogens is 463 g/mol. The third kappa shape index (κ3) is 4.61. The van der Waals surface area contributed by atoms with E-state index in [9.17, 15) is 22.8 Å². The topological polar surface area (TPSA) is 70.8 Å². The molecule has 0 radical (unpaired) electrons. The monoisotopic (exact) mass is 481 g/mol. The van der Waals surface area contributed by atoms with Gasteiger partial charge in [-0.2, -0.15) is 13.2 Å². The van der Waals surface area contributed by atoms with Gasteiger partial charge in [0, 0.05) is 17.7 Å². The number of rotatable bonds is 4. The number of hydrogen-bond acceptors (Lipinski definition) is 5. The second-order valence-corrected chi connectivity index (χ2v) is 9.35. The average molecular weight is 482 g/mol. The van der Waals surface area contributed by atoms with Gasteiger partial charge in [0.1, 0.15) is 15.8 Å². The third-order valence-electron chi connectivity index (χ3n) is 5.61. The van der Waals surface area contributed by atoms with Crippen LogP contribution in [0.5, 0.6) is 0 Å². The van der Waals surface area contributed by atoms with Crippen LogP contribution < -0.4 is 0 Å². The number of carboxylic acids is 1. The van der Waals surface area contributed by atoms with Gasteiger partial charge in [-0.15, -0.1) is 0 Å². The van der Waals surface area contributed by atoms with Crippen LogP contribution >= 0.6 is 24.0 Å². The predicted molar refractivity (Wildman–Crippen MR) is 118 cm³/mol. The van der Waals surface area contributed by atoms with Crippen molar-refractivity contribution in [1.82, 2.24) is 4.90 Å². The number of amides is 1. The molecule has 0 bridgehead atoms. The van der Waals surface area contributed by atoms with E-state index in [0.29, 0.717) is 40.7 Å². The third-order valence-corrected chi connectivity index (χ3v) is 6.94. The maximum Gasteiger partial charge on any atom is 0.416 e. The number of nitrogens with zero attached hydrogens (tertiary/aromatic N) is 1. The molecule has 2 aliphatic rings. The molecule has 1 aliphatic carbocycles. The number of halogens is 3. The quantitative estimate of drug-likeness (QED) is 0.439. The second-order valence-electron chi connectivity index (χ2n) is 7.68. The van der Waals surface area contributed by atoms with Crippen LogP contribution in [0.25, 0.3) is 17.4 Å². The number of carbonyl (C=O) groups excluding carboxylic acids is 1. The Hall–Kier alpha value is -2.59. The van der Waals surface area contributed by atoms with Gasteiger partial charge in [0.2, 0.25) is 0 Å². The van der Waals surface area contributed by atoms with Crippen LogP contribution in [0.1, 0.15) is 37.0 Å². The van der Waals surface area contributed by atoms with Crippen LogP contribution in [0.2, 0.25) is 0 Å². The lowest BCUT2D eigenvalue weighted by atomic mass is 9.85. The van der Waals surface area contributed by atoms with Crippen molar-refractivity contribution in [3.05, 3.63) is 52.6 Å². The number of furan rings is 1. The summed E-state index contributed by atoms with van der Waals surface area (Å²) in [7, 11) is 0. The Morgan fingerprint density at radius 1 is 1.19 bits per heavy atom. The number of aliphatic carboxylic acids is 1. The number of thiocarbonyl (C=S) groups is 1. The summed E-state index contributed by atoms with van der Waals surface area (Å²) in [5.74, 6) is -0.895. The summed E-state index contributed by atoms with van der Waals surface area (Å²) in [6.07, 6.45) is -0.806. The highest BCUT2D eigenvalue weighted by Gasteiger charge is 2.39. The number of benzene rings is 1. The second kappa shape index (κ2) is 8.74. The van der Waals surface area contributed by atoms with Crippen LogP contribution in [0.15, 0.2) is 45.7 Å². The van der Waals surface area contributed by atoms with Crippen molar-refractivity contribution in [3.63, 3.8) is 0 Å². The number of carboxylic acid groups (broad SMARTS) is 1. The number of hydrogen-bond donors (Lipinski definition) is 1. The van der Waals surface area contributed by atoms with Crippen LogP contribution in [-0.4, -0.2) is 32.2 Å². The van der Waals surface area contributed by atoms with Gasteiger partial charge in [0.25, 0.3) is 5.91 Å². The lowest BCUT2D eigenvalue weighted by molar-refractivity contribution is -0.143. The van der Waals surface area contributed by atoms with E-state index in [1.54, 1.807) is 17.0 Å². The van der Waals surface area contributed by atoms with Crippen molar-refractivity contribution >= 4 is 46.3 Å². The molecular formula is C22H18F3NO4S2. The van der Waals surface area contributed by atoms with Crippen LogP contribution in [-0.2, 0) is 15.8 Å². The summed E-state index contributed by atoms with van der Waals surface area (Å²) in [6, 6.07) is 7.82. The first-order chi connectivity index (χ1) is 15.1. The largest absolute Gasteiger partial charge is 0.481 e. The van der Waals surface area contributed by atoms with E-state index in [4.69, 9.17) is 21.7 Å². The molecule has 0 unspecified atom stereocenters. The zero-order valence-electron chi connectivity index (χ0n) is 16.6.